The lowest BCUT2D eigenvalue weighted by atomic mass is 9.81. The molecule has 5 atom stereocenters. The largest absolute Gasteiger partial charge is 0.510 e. The topological polar surface area (TPSA) is 130 Å². The number of ether oxygens (including phenoxy) is 6. The fourth-order valence-corrected chi connectivity index (χ4v) is 16.1. The van der Waals surface area contributed by atoms with E-state index in [9.17, 15) is 4.79 Å². The Morgan fingerprint density at radius 1 is 0.846 bits per heavy atom. The molecule has 2 heterocycles. The first-order chi connectivity index (χ1) is 30.0. The second kappa shape index (κ2) is 17.9. The van der Waals surface area contributed by atoms with Gasteiger partial charge in [-0.3, -0.25) is 9.59 Å². The molecule has 358 valence electrons. The van der Waals surface area contributed by atoms with E-state index in [1.807, 2.05) is 31.2 Å². The Kier molecular flexibility index (Phi) is 14.1. The van der Waals surface area contributed by atoms with Crippen LogP contribution in [0.5, 0.6) is 23.0 Å². The fraction of sp³-hybridized carbons (Fsp3) is 0.600. The maximum atomic E-state index is 15.6. The average molecular weight is 951 g/mol. The number of methoxy groups -OCH3 is 4. The maximum absolute atomic E-state index is 15.6. The third kappa shape index (κ3) is 9.43. The van der Waals surface area contributed by atoms with Crippen molar-refractivity contribution in [3.05, 3.63) is 70.3 Å². The number of aryl methyl sites for hydroxylation is 1. The van der Waals surface area contributed by atoms with Crippen LogP contribution < -0.4 is 18.3 Å². The Morgan fingerprint density at radius 2 is 1.43 bits per heavy atom. The van der Waals surface area contributed by atoms with Gasteiger partial charge in [0.1, 0.15) is 47.4 Å². The maximum Gasteiger partial charge on any atom is 0.471 e. The number of benzene rings is 3. The van der Waals surface area contributed by atoms with Crippen molar-refractivity contribution in [3.8, 4) is 23.0 Å². The van der Waals surface area contributed by atoms with Crippen molar-refractivity contribution in [2.45, 2.75) is 167 Å². The molecule has 12 nitrogen and oxygen atoms in total. The van der Waals surface area contributed by atoms with Gasteiger partial charge in [-0.05, 0) is 74.0 Å². The lowest BCUT2D eigenvalue weighted by Gasteiger charge is -2.51. The molecule has 0 aromatic heterocycles. The van der Waals surface area contributed by atoms with Crippen LogP contribution in [0.3, 0.4) is 0 Å². The normalized spacial score (nSPS) is 21.4. The molecule has 1 aliphatic carbocycles. The number of hydrogen-bond acceptors (Lipinski definition) is 12. The molecule has 0 unspecified atom stereocenters. The monoisotopic (exact) mass is 950 g/mol. The molecule has 3 aromatic rings. The summed E-state index contributed by atoms with van der Waals surface area (Å²) in [5.41, 5.74) is 3.86. The standard InChI is InChI=1S/C50H74O12Si3/c1-28-25-32-36-43(35(28)45-46(58-45)41(60-63(16,17)18)29(2)39(51)47(55-14)56-15)61-65(49(6,7)8,50(9,10)11)62-44(36)38-37(42(32)54-13)33(57-27-30-21-23-31(53-12)24-22-30)26-34(40(38)52)59-64(19,20)48(3,4)5/h21-25,33-34,41,45-47H,2,26-27H2,1,3-20H3/t33-,34-,41-,45+,46+/m0/s1. The molecule has 2 aliphatic heterocycles. The second-order valence-corrected chi connectivity index (χ2v) is 36.2. The van der Waals surface area contributed by atoms with Crippen LogP contribution in [0.2, 0.25) is 47.8 Å². The number of carbonyl (C=O) groups excluding carboxylic acids is 2. The van der Waals surface area contributed by atoms with Crippen LogP contribution >= 0.6 is 0 Å². The van der Waals surface area contributed by atoms with E-state index in [-0.39, 0.29) is 23.0 Å². The van der Waals surface area contributed by atoms with Gasteiger partial charge in [0.05, 0.1) is 37.9 Å². The number of carbonyl (C=O) groups is 2. The van der Waals surface area contributed by atoms with Gasteiger partial charge in [0.25, 0.3) is 0 Å². The average Bonchev–Trinajstić information content (AvgIpc) is 3.98. The zero-order chi connectivity index (χ0) is 48.6. The highest BCUT2D eigenvalue weighted by Gasteiger charge is 2.66. The summed E-state index contributed by atoms with van der Waals surface area (Å²) in [5.74, 6) is 1.71. The minimum Gasteiger partial charge on any atom is -0.510 e. The summed E-state index contributed by atoms with van der Waals surface area (Å²) in [6, 6.07) is 9.85. The minimum absolute atomic E-state index is 0.171. The molecule has 0 radical (unpaired) electrons. The van der Waals surface area contributed by atoms with Crippen LogP contribution in [0.1, 0.15) is 114 Å². The highest BCUT2D eigenvalue weighted by Crippen LogP contribution is 2.63. The van der Waals surface area contributed by atoms with E-state index < -0.39 is 77.9 Å². The number of epoxide rings is 1. The molecule has 0 N–H and O–H groups in total. The van der Waals surface area contributed by atoms with Crippen LogP contribution in [-0.2, 0) is 39.2 Å². The molecule has 1 saturated heterocycles. The van der Waals surface area contributed by atoms with E-state index in [0.29, 0.717) is 40.2 Å². The number of hydrogen-bond donors (Lipinski definition) is 0. The number of fused-ring (bicyclic) bond motifs is 2. The van der Waals surface area contributed by atoms with E-state index >= 15 is 4.79 Å². The van der Waals surface area contributed by atoms with E-state index in [1.54, 1.807) is 14.2 Å². The molecule has 0 saturated carbocycles. The molecule has 3 aromatic carbocycles. The summed E-state index contributed by atoms with van der Waals surface area (Å²) in [7, 11) is -2.22. The van der Waals surface area contributed by atoms with Crippen LogP contribution in [0, 0.1) is 6.92 Å². The van der Waals surface area contributed by atoms with Crippen LogP contribution in [0.25, 0.3) is 10.8 Å². The predicted molar refractivity (Wildman–Crippen MR) is 261 cm³/mol. The Labute approximate surface area is 390 Å². The minimum atomic E-state index is -3.52. The summed E-state index contributed by atoms with van der Waals surface area (Å²) < 4.78 is 65.2. The lowest BCUT2D eigenvalue weighted by Crippen LogP contribution is -2.63. The zero-order valence-corrected chi connectivity index (χ0v) is 45.4. The lowest BCUT2D eigenvalue weighted by molar-refractivity contribution is -0.153. The summed E-state index contributed by atoms with van der Waals surface area (Å²) in [6.07, 6.45) is -4.21. The Balaban J connectivity index is 1.64. The molecule has 1 fully saturated rings. The molecule has 0 bridgehead atoms. The summed E-state index contributed by atoms with van der Waals surface area (Å²) >= 11 is 0. The highest BCUT2D eigenvalue weighted by atomic mass is 28.4. The summed E-state index contributed by atoms with van der Waals surface area (Å²) in [5, 5.41) is 0.136. The molecule has 0 amide bonds. The fourth-order valence-electron chi connectivity index (χ4n) is 9.28. The van der Waals surface area contributed by atoms with Crippen molar-refractivity contribution in [2.75, 3.05) is 28.4 Å². The van der Waals surface area contributed by atoms with Crippen LogP contribution in [0.15, 0.2) is 42.5 Å². The van der Waals surface area contributed by atoms with Crippen molar-refractivity contribution >= 4 is 47.5 Å². The first-order valence-corrected chi connectivity index (χ1v) is 30.8. The van der Waals surface area contributed by atoms with Gasteiger partial charge in [0.2, 0.25) is 12.1 Å². The van der Waals surface area contributed by atoms with E-state index in [0.717, 1.165) is 27.8 Å². The predicted octanol–water partition coefficient (Wildman–Crippen LogP) is 11.6. The van der Waals surface area contributed by atoms with E-state index in [4.69, 9.17) is 46.1 Å². The highest BCUT2D eigenvalue weighted by molar-refractivity contribution is 6.75. The summed E-state index contributed by atoms with van der Waals surface area (Å²) in [4.78, 5) is 29.4. The first kappa shape index (κ1) is 51.0. The van der Waals surface area contributed by atoms with Gasteiger partial charge in [-0.2, -0.15) is 0 Å². The van der Waals surface area contributed by atoms with Crippen molar-refractivity contribution in [2.24, 2.45) is 0 Å². The van der Waals surface area contributed by atoms with Gasteiger partial charge >= 0.3 is 8.56 Å². The van der Waals surface area contributed by atoms with Crippen LogP contribution in [-0.4, -0.2) is 89.8 Å². The number of ketones is 2. The number of rotatable bonds is 16. The van der Waals surface area contributed by atoms with Gasteiger partial charge in [-0.25, -0.2) is 0 Å². The first-order valence-electron chi connectivity index (χ1n) is 22.6. The second-order valence-electron chi connectivity index (χ2n) is 22.3. The third-order valence-corrected chi connectivity index (χ3v) is 23.8. The molecule has 15 heteroatoms. The molecular weight excluding hydrogens is 877 g/mol. The molecular formula is C50H74O12Si3. The molecule has 65 heavy (non-hydrogen) atoms. The van der Waals surface area contributed by atoms with Crippen molar-refractivity contribution in [1.82, 2.24) is 0 Å². The van der Waals surface area contributed by atoms with E-state index in [2.05, 4.69) is 108 Å². The Hall–Kier alpha value is -3.39. The van der Waals surface area contributed by atoms with Gasteiger partial charge in [0.15, 0.2) is 22.4 Å². The number of Topliss-reactive ketones (excluding diaryl/α,β-unsaturated/α-hetero) is 2. The Morgan fingerprint density at radius 3 is 1.94 bits per heavy atom. The molecule has 6 rings (SSSR count). The third-order valence-electron chi connectivity index (χ3n) is 13.4. The van der Waals surface area contributed by atoms with Crippen molar-refractivity contribution < 1.29 is 55.7 Å². The van der Waals surface area contributed by atoms with E-state index in [1.165, 1.54) is 14.2 Å². The smallest absolute Gasteiger partial charge is 0.471 e. The summed E-state index contributed by atoms with van der Waals surface area (Å²) in [6.45, 7) is 36.5. The SMILES string of the molecule is C=C(C(=O)C(OC)OC)[C@H](O[Si](C)(C)C)[C@H]1O[C@@H]1c1c(C)cc2c(OC)c3c(c4c2c1O[Si](C(C)(C)C)(C(C)(C)C)O4)C(=O)[C@@H](O[Si](C)(C)C(C)(C)C)C[C@@H]3OCc1ccc(OC)cc1. The van der Waals surface area contributed by atoms with Gasteiger partial charge in [-0.1, -0.05) is 81.0 Å². The molecule has 0 spiro atoms. The quantitative estimate of drug-likeness (QED) is 0.0586. The molecule has 3 aliphatic rings. The van der Waals surface area contributed by atoms with Crippen molar-refractivity contribution in [1.29, 1.82) is 0 Å². The Bertz CT molecular complexity index is 2300. The van der Waals surface area contributed by atoms with Gasteiger partial charge < -0.3 is 46.1 Å². The van der Waals surface area contributed by atoms with Gasteiger partial charge in [0, 0.05) is 52.8 Å². The van der Waals surface area contributed by atoms with Crippen molar-refractivity contribution in [3.63, 3.8) is 0 Å². The zero-order valence-electron chi connectivity index (χ0n) is 42.4. The van der Waals surface area contributed by atoms with Crippen LogP contribution in [0.4, 0.5) is 0 Å². The van der Waals surface area contributed by atoms with Gasteiger partial charge in [-0.15, -0.1) is 0 Å².